The molecule has 0 aliphatic heterocycles. The third-order valence-electron chi connectivity index (χ3n) is 4.88. The fraction of sp³-hybridized carbons (Fsp3) is 0.350. The summed E-state index contributed by atoms with van der Waals surface area (Å²) >= 11 is 3.12. The monoisotopic (exact) mass is 424 g/mol. The van der Waals surface area contributed by atoms with Crippen molar-refractivity contribution < 1.29 is 4.79 Å². The van der Waals surface area contributed by atoms with E-state index in [-0.39, 0.29) is 11.9 Å². The van der Waals surface area contributed by atoms with E-state index in [0.717, 1.165) is 33.8 Å². The van der Waals surface area contributed by atoms with Crippen LogP contribution in [0.2, 0.25) is 0 Å². The lowest BCUT2D eigenvalue weighted by molar-refractivity contribution is 0.102. The van der Waals surface area contributed by atoms with Crippen molar-refractivity contribution in [3.63, 3.8) is 0 Å². The molecule has 0 unspecified atom stereocenters. The van der Waals surface area contributed by atoms with Crippen LogP contribution in [0.15, 0.2) is 24.4 Å². The standard InChI is InChI=1S/C20H20N6OS2/c1-10(2)26-17-14(9-21-26)13(8-15(22-17)16-7-4-11(3)28-16)18(27)23-20-25-24-19(29-20)12-5-6-12/h4,7-10,12H,5-6H2,1-3H3,(H,23,25,27). The van der Waals surface area contributed by atoms with Gasteiger partial charge in [0, 0.05) is 16.8 Å². The molecule has 7 nitrogen and oxygen atoms in total. The van der Waals surface area contributed by atoms with E-state index in [4.69, 9.17) is 4.98 Å². The summed E-state index contributed by atoms with van der Waals surface area (Å²) in [5.74, 6) is 0.303. The Bertz CT molecular complexity index is 1220. The van der Waals surface area contributed by atoms with Gasteiger partial charge in [0.2, 0.25) is 5.13 Å². The van der Waals surface area contributed by atoms with Gasteiger partial charge in [-0.2, -0.15) is 5.10 Å². The molecule has 1 fully saturated rings. The average Bonchev–Trinajstić information content (AvgIpc) is 3.08. The lowest BCUT2D eigenvalue weighted by Crippen LogP contribution is -2.13. The Morgan fingerprint density at radius 2 is 2.07 bits per heavy atom. The number of pyridine rings is 1. The quantitative estimate of drug-likeness (QED) is 0.486. The summed E-state index contributed by atoms with van der Waals surface area (Å²) in [6.45, 7) is 6.17. The largest absolute Gasteiger partial charge is 0.296 e. The Kier molecular flexibility index (Phi) is 4.44. The molecule has 148 valence electrons. The predicted molar refractivity (Wildman–Crippen MR) is 116 cm³/mol. The zero-order valence-corrected chi connectivity index (χ0v) is 18.0. The van der Waals surface area contributed by atoms with Crippen molar-refractivity contribution >= 4 is 44.7 Å². The molecule has 1 N–H and O–H groups in total. The minimum absolute atomic E-state index is 0.139. The van der Waals surface area contributed by atoms with Crippen LogP contribution >= 0.6 is 22.7 Å². The first kappa shape index (κ1) is 18.4. The van der Waals surface area contributed by atoms with Crippen LogP contribution in [-0.4, -0.2) is 30.9 Å². The van der Waals surface area contributed by atoms with Crippen LogP contribution in [0.25, 0.3) is 21.6 Å². The van der Waals surface area contributed by atoms with Gasteiger partial charge in [-0.15, -0.1) is 21.5 Å². The normalized spacial score (nSPS) is 14.1. The minimum atomic E-state index is -0.214. The molecule has 4 aromatic rings. The molecule has 0 saturated heterocycles. The molecule has 0 aromatic carbocycles. The molecule has 0 spiro atoms. The number of carbonyl (C=O) groups is 1. The van der Waals surface area contributed by atoms with Crippen molar-refractivity contribution in [3.8, 4) is 10.6 Å². The Morgan fingerprint density at radius 1 is 1.24 bits per heavy atom. The summed E-state index contributed by atoms with van der Waals surface area (Å²) in [6.07, 6.45) is 4.04. The molecule has 4 aromatic heterocycles. The maximum Gasteiger partial charge on any atom is 0.258 e. The van der Waals surface area contributed by atoms with Gasteiger partial charge in [-0.1, -0.05) is 11.3 Å². The number of fused-ring (bicyclic) bond motifs is 1. The highest BCUT2D eigenvalue weighted by molar-refractivity contribution is 7.15. The SMILES string of the molecule is Cc1ccc(-c2cc(C(=O)Nc3nnc(C4CC4)s3)c3cnn(C(C)C)c3n2)s1. The predicted octanol–water partition coefficient (Wildman–Crippen LogP) is 5.03. The Hall–Kier alpha value is -2.65. The summed E-state index contributed by atoms with van der Waals surface area (Å²) in [7, 11) is 0. The van der Waals surface area contributed by atoms with Gasteiger partial charge in [0.25, 0.3) is 5.91 Å². The first-order chi connectivity index (χ1) is 14.0. The second kappa shape index (κ2) is 7.00. The van der Waals surface area contributed by atoms with Gasteiger partial charge < -0.3 is 0 Å². The molecular formula is C20H20N6OS2. The fourth-order valence-electron chi connectivity index (χ4n) is 3.23. The summed E-state index contributed by atoms with van der Waals surface area (Å²) in [5.41, 5.74) is 2.04. The topological polar surface area (TPSA) is 85.6 Å². The van der Waals surface area contributed by atoms with Crippen LogP contribution < -0.4 is 5.32 Å². The van der Waals surface area contributed by atoms with Gasteiger partial charge in [-0.05, 0) is 51.8 Å². The van der Waals surface area contributed by atoms with Crippen LogP contribution in [0.5, 0.6) is 0 Å². The van der Waals surface area contributed by atoms with Gasteiger partial charge in [0.05, 0.1) is 27.7 Å². The molecule has 5 rings (SSSR count). The highest BCUT2D eigenvalue weighted by atomic mass is 32.1. The molecule has 0 radical (unpaired) electrons. The third-order valence-corrected chi connectivity index (χ3v) is 6.91. The minimum Gasteiger partial charge on any atom is -0.296 e. The number of nitrogens with one attached hydrogen (secondary N) is 1. The Balaban J connectivity index is 1.57. The van der Waals surface area contributed by atoms with Crippen molar-refractivity contribution in [2.45, 2.75) is 45.6 Å². The van der Waals surface area contributed by atoms with Crippen LogP contribution in [0.1, 0.15) is 58.9 Å². The third kappa shape index (κ3) is 3.44. The molecule has 0 atom stereocenters. The lowest BCUT2D eigenvalue weighted by atomic mass is 10.1. The average molecular weight is 425 g/mol. The number of hydrogen-bond acceptors (Lipinski definition) is 7. The number of nitrogens with zero attached hydrogens (tertiary/aromatic N) is 5. The van der Waals surface area contributed by atoms with Gasteiger partial charge in [-0.25, -0.2) is 9.67 Å². The lowest BCUT2D eigenvalue weighted by Gasteiger charge is -2.09. The molecular weight excluding hydrogens is 404 g/mol. The van der Waals surface area contributed by atoms with Crippen molar-refractivity contribution in [1.29, 1.82) is 0 Å². The molecule has 1 amide bonds. The molecule has 0 bridgehead atoms. The van der Waals surface area contributed by atoms with Gasteiger partial charge in [-0.3, -0.25) is 10.1 Å². The Morgan fingerprint density at radius 3 is 2.76 bits per heavy atom. The first-order valence-corrected chi connectivity index (χ1v) is 11.2. The van der Waals surface area contributed by atoms with Crippen molar-refractivity contribution in [3.05, 3.63) is 39.8 Å². The van der Waals surface area contributed by atoms with E-state index < -0.39 is 0 Å². The second-order valence-corrected chi connectivity index (χ2v) is 9.86. The fourth-order valence-corrected chi connectivity index (χ4v) is 4.96. The number of hydrogen-bond donors (Lipinski definition) is 1. The molecule has 1 saturated carbocycles. The van der Waals surface area contributed by atoms with E-state index >= 15 is 0 Å². The van der Waals surface area contributed by atoms with E-state index in [0.29, 0.717) is 22.3 Å². The maximum absolute atomic E-state index is 13.2. The van der Waals surface area contributed by atoms with E-state index in [1.807, 2.05) is 16.8 Å². The number of carbonyl (C=O) groups excluding carboxylic acids is 1. The number of thiophene rings is 1. The summed E-state index contributed by atoms with van der Waals surface area (Å²) in [6, 6.07) is 6.09. The Labute approximate surface area is 175 Å². The van der Waals surface area contributed by atoms with E-state index in [9.17, 15) is 4.79 Å². The highest BCUT2D eigenvalue weighted by Crippen LogP contribution is 2.42. The maximum atomic E-state index is 13.2. The number of aromatic nitrogens is 5. The number of rotatable bonds is 5. The smallest absolute Gasteiger partial charge is 0.258 e. The van der Waals surface area contributed by atoms with E-state index in [1.54, 1.807) is 17.5 Å². The molecule has 9 heteroatoms. The van der Waals surface area contributed by atoms with Gasteiger partial charge in [0.15, 0.2) is 5.65 Å². The van der Waals surface area contributed by atoms with Crippen LogP contribution in [0.3, 0.4) is 0 Å². The molecule has 1 aliphatic rings. The highest BCUT2D eigenvalue weighted by Gasteiger charge is 2.28. The number of amides is 1. The van der Waals surface area contributed by atoms with Crippen LogP contribution in [0.4, 0.5) is 5.13 Å². The van der Waals surface area contributed by atoms with Gasteiger partial charge in [0.1, 0.15) is 5.01 Å². The van der Waals surface area contributed by atoms with Crippen molar-refractivity contribution in [2.75, 3.05) is 5.32 Å². The van der Waals surface area contributed by atoms with E-state index in [2.05, 4.69) is 47.5 Å². The second-order valence-electron chi connectivity index (χ2n) is 7.56. The number of aryl methyl sites for hydroxylation is 1. The molecule has 29 heavy (non-hydrogen) atoms. The van der Waals surface area contributed by atoms with E-state index in [1.165, 1.54) is 16.2 Å². The zero-order chi connectivity index (χ0) is 20.1. The zero-order valence-electron chi connectivity index (χ0n) is 16.3. The summed E-state index contributed by atoms with van der Waals surface area (Å²) in [5, 5.41) is 18.0. The van der Waals surface area contributed by atoms with Crippen LogP contribution in [-0.2, 0) is 0 Å². The van der Waals surface area contributed by atoms with Crippen LogP contribution in [0, 0.1) is 6.92 Å². The van der Waals surface area contributed by atoms with Crippen molar-refractivity contribution in [2.24, 2.45) is 0 Å². The molecule has 1 aliphatic carbocycles. The van der Waals surface area contributed by atoms with Crippen molar-refractivity contribution in [1.82, 2.24) is 25.0 Å². The molecule has 4 heterocycles. The number of anilines is 1. The summed E-state index contributed by atoms with van der Waals surface area (Å²) in [4.78, 5) is 20.2. The summed E-state index contributed by atoms with van der Waals surface area (Å²) < 4.78 is 1.85. The first-order valence-electron chi connectivity index (χ1n) is 9.59. The van der Waals surface area contributed by atoms with Gasteiger partial charge >= 0.3 is 0 Å².